The van der Waals surface area contributed by atoms with Crippen LogP contribution in [0.4, 0.5) is 0 Å². The Morgan fingerprint density at radius 1 is 0.926 bits per heavy atom. The highest BCUT2D eigenvalue weighted by Gasteiger charge is 2.08. The van der Waals surface area contributed by atoms with E-state index in [0.717, 1.165) is 27.6 Å². The van der Waals surface area contributed by atoms with Gasteiger partial charge in [0.1, 0.15) is 13.1 Å². The van der Waals surface area contributed by atoms with E-state index < -0.39 is 11.9 Å². The summed E-state index contributed by atoms with van der Waals surface area (Å²) in [4.78, 5) is 10.6. The van der Waals surface area contributed by atoms with Crippen molar-refractivity contribution in [3.05, 3.63) is 35.9 Å². The number of likely N-dealkylation sites (N-methyl/N-ethyl adjacent to an activating group) is 2. The van der Waals surface area contributed by atoms with E-state index in [0.29, 0.717) is 6.42 Å². The van der Waals surface area contributed by atoms with Crippen molar-refractivity contribution in [1.29, 1.82) is 0 Å². The third-order valence-corrected chi connectivity index (χ3v) is 3.44. The molecule has 1 aromatic carbocycles. The van der Waals surface area contributed by atoms with E-state index in [-0.39, 0.29) is 37.2 Å². The quantitative estimate of drug-likeness (QED) is 0.317. The predicted molar refractivity (Wildman–Crippen MR) is 104 cm³/mol. The van der Waals surface area contributed by atoms with Gasteiger partial charge in [0.2, 0.25) is 0 Å². The molecule has 0 spiro atoms. The van der Waals surface area contributed by atoms with Gasteiger partial charge in [0, 0.05) is 11.9 Å². The van der Waals surface area contributed by atoms with Crippen molar-refractivity contribution in [3.8, 4) is 0 Å². The van der Waals surface area contributed by atoms with Gasteiger partial charge in [0.05, 0.1) is 55.5 Å². The van der Waals surface area contributed by atoms with Crippen LogP contribution in [0, 0.1) is 0 Å². The molecular weight excluding hydrogens is 459 g/mol. The average Bonchev–Trinajstić information content (AvgIpc) is 2.47. The van der Waals surface area contributed by atoms with Gasteiger partial charge < -0.3 is 53.1 Å². The summed E-state index contributed by atoms with van der Waals surface area (Å²) in [6, 6.07) is 9.15. The monoisotopic (exact) mass is 498 g/mol. The molecular formula is C20H39IN2O4. The van der Waals surface area contributed by atoms with Crippen LogP contribution in [0.1, 0.15) is 24.8 Å². The summed E-state index contributed by atoms with van der Waals surface area (Å²) in [6.45, 7) is 4.07. The van der Waals surface area contributed by atoms with Gasteiger partial charge in [-0.15, -0.1) is 0 Å². The molecule has 2 N–H and O–H groups in total. The first-order chi connectivity index (χ1) is 11.9. The summed E-state index contributed by atoms with van der Waals surface area (Å²) in [7, 11) is 12.3. The van der Waals surface area contributed by atoms with Crippen molar-refractivity contribution in [2.45, 2.75) is 19.3 Å². The Morgan fingerprint density at radius 3 is 1.48 bits per heavy atom. The number of aliphatic hydroxyl groups is 2. The number of carbonyl (C=O) groups excluding carboxylic acids is 1. The molecule has 0 bridgehead atoms. The van der Waals surface area contributed by atoms with Gasteiger partial charge in [0.15, 0.2) is 0 Å². The van der Waals surface area contributed by atoms with Crippen LogP contribution in [0.2, 0.25) is 0 Å². The fraction of sp³-hybridized carbons (Fsp3) is 0.650. The van der Waals surface area contributed by atoms with Crippen molar-refractivity contribution in [2.24, 2.45) is 0 Å². The Morgan fingerprint density at radius 2 is 1.30 bits per heavy atom. The molecule has 1 unspecified atom stereocenters. The van der Waals surface area contributed by atoms with Gasteiger partial charge in [-0.05, 0) is 12.0 Å². The van der Waals surface area contributed by atoms with Gasteiger partial charge in [0.25, 0.3) is 0 Å². The third-order valence-electron chi connectivity index (χ3n) is 3.44. The zero-order valence-electron chi connectivity index (χ0n) is 18.0. The number of benzene rings is 1. The largest absolute Gasteiger partial charge is 1.00 e. The molecule has 0 saturated heterocycles. The summed E-state index contributed by atoms with van der Waals surface area (Å²) in [5.74, 6) is -1.46. The minimum atomic E-state index is -0.997. The average molecular weight is 498 g/mol. The minimum absolute atomic E-state index is 0. The third kappa shape index (κ3) is 21.4. The van der Waals surface area contributed by atoms with Gasteiger partial charge in [-0.25, -0.2) is 0 Å². The number of hydrogen-bond donors (Lipinski definition) is 2. The molecule has 0 aliphatic heterocycles. The molecule has 27 heavy (non-hydrogen) atoms. The zero-order chi connectivity index (χ0) is 20.8. The van der Waals surface area contributed by atoms with Gasteiger partial charge in [-0.1, -0.05) is 37.3 Å². The maximum atomic E-state index is 10.6. The summed E-state index contributed by atoms with van der Waals surface area (Å²) in [5, 5.41) is 27.4. The van der Waals surface area contributed by atoms with Gasteiger partial charge in [-0.3, -0.25) is 0 Å². The van der Waals surface area contributed by atoms with Gasteiger partial charge in [-0.2, -0.15) is 0 Å². The number of aliphatic carboxylic acids is 1. The molecule has 0 saturated carbocycles. The standard InChI is InChI=1S/C10H12O2.2C5H14NO.HI/c1-2-9(10(11)12)8-6-4-3-5-7-8;2*1-6(2,3)4-5-7;/h3-7,9H,2H2,1H3,(H,11,12);2*7H,4-5H2,1-3H3;1H/q;2*+1;/p-2. The van der Waals surface area contributed by atoms with E-state index in [1.807, 2.05) is 37.3 Å². The lowest BCUT2D eigenvalue weighted by Gasteiger charge is -2.21. The zero-order valence-corrected chi connectivity index (χ0v) is 20.1. The number of nitrogens with zero attached hydrogens (tertiary/aromatic N) is 2. The minimum Gasteiger partial charge on any atom is -1.00 e. The van der Waals surface area contributed by atoms with Crippen LogP contribution in [-0.4, -0.2) is 93.7 Å². The van der Waals surface area contributed by atoms with E-state index in [4.69, 9.17) is 10.2 Å². The summed E-state index contributed by atoms with van der Waals surface area (Å²) < 4.78 is 1.69. The Bertz CT molecular complexity index is 455. The second-order valence-corrected chi connectivity index (χ2v) is 8.17. The fourth-order valence-electron chi connectivity index (χ4n) is 1.82. The number of quaternary nitrogens is 2. The second kappa shape index (κ2) is 16.2. The van der Waals surface area contributed by atoms with E-state index in [1.165, 1.54) is 0 Å². The van der Waals surface area contributed by atoms with Crippen molar-refractivity contribution >= 4 is 5.97 Å². The van der Waals surface area contributed by atoms with Gasteiger partial charge >= 0.3 is 0 Å². The molecule has 0 radical (unpaired) electrons. The normalized spacial score (nSPS) is 11.7. The van der Waals surface area contributed by atoms with E-state index >= 15 is 0 Å². The molecule has 7 heteroatoms. The first kappa shape index (κ1) is 31.0. The number of carboxylic acid groups (broad SMARTS) is 1. The Hall–Kier alpha value is -0.740. The van der Waals surface area contributed by atoms with Crippen LogP contribution in [0.3, 0.4) is 0 Å². The number of halogens is 1. The lowest BCUT2D eigenvalue weighted by Crippen LogP contribution is -3.00. The van der Waals surface area contributed by atoms with Crippen LogP contribution in [0.5, 0.6) is 0 Å². The number of hydrogen-bond acceptors (Lipinski definition) is 4. The number of carboxylic acids is 1. The maximum Gasteiger partial charge on any atom is 0.101 e. The molecule has 1 rings (SSSR count). The van der Waals surface area contributed by atoms with E-state index in [2.05, 4.69) is 42.3 Å². The first-order valence-corrected chi connectivity index (χ1v) is 8.96. The molecule has 0 aliphatic rings. The molecule has 6 nitrogen and oxygen atoms in total. The highest BCUT2D eigenvalue weighted by Crippen LogP contribution is 2.17. The molecule has 0 fully saturated rings. The van der Waals surface area contributed by atoms with E-state index in [9.17, 15) is 9.90 Å². The van der Waals surface area contributed by atoms with Crippen molar-refractivity contribution in [3.63, 3.8) is 0 Å². The lowest BCUT2D eigenvalue weighted by molar-refractivity contribution is -0.870. The number of rotatable bonds is 7. The highest BCUT2D eigenvalue weighted by atomic mass is 127. The number of aliphatic hydroxyl groups excluding tert-OH is 2. The topological polar surface area (TPSA) is 80.6 Å². The maximum absolute atomic E-state index is 10.6. The summed E-state index contributed by atoms with van der Waals surface area (Å²) in [5.41, 5.74) is 0.819. The van der Waals surface area contributed by atoms with Crippen molar-refractivity contribution in [2.75, 3.05) is 68.6 Å². The molecule has 160 valence electrons. The number of carbonyl (C=O) groups is 1. The SMILES string of the molecule is CCC(C(=O)[O-])c1ccccc1.C[N+](C)(C)CCO.C[N+](C)(C)CCO.[I-]. The molecule has 0 amide bonds. The van der Waals surface area contributed by atoms with E-state index in [1.54, 1.807) is 0 Å². The Balaban J connectivity index is -0.000000336. The van der Waals surface area contributed by atoms with Crippen LogP contribution in [0.25, 0.3) is 0 Å². The van der Waals surface area contributed by atoms with Crippen LogP contribution < -0.4 is 29.1 Å². The summed E-state index contributed by atoms with van der Waals surface area (Å²) >= 11 is 0. The molecule has 0 heterocycles. The predicted octanol–water partition coefficient (Wildman–Crippen LogP) is -2.70. The van der Waals surface area contributed by atoms with Crippen molar-refractivity contribution < 1.29 is 53.1 Å². The van der Waals surface area contributed by atoms with Crippen molar-refractivity contribution in [1.82, 2.24) is 0 Å². The van der Waals surface area contributed by atoms with Crippen LogP contribution >= 0.6 is 0 Å². The van der Waals surface area contributed by atoms with Crippen LogP contribution in [-0.2, 0) is 4.79 Å². The highest BCUT2D eigenvalue weighted by molar-refractivity contribution is 5.73. The molecule has 1 aromatic rings. The second-order valence-electron chi connectivity index (χ2n) is 8.17. The Labute approximate surface area is 182 Å². The lowest BCUT2D eigenvalue weighted by atomic mass is 9.97. The molecule has 1 atom stereocenters. The molecule has 0 aromatic heterocycles. The summed E-state index contributed by atoms with van der Waals surface area (Å²) in [6.07, 6.45) is 0.576. The van der Waals surface area contributed by atoms with Crippen LogP contribution in [0.15, 0.2) is 30.3 Å². The Kier molecular flexibility index (Phi) is 18.6. The smallest absolute Gasteiger partial charge is 0.101 e. The first-order valence-electron chi connectivity index (χ1n) is 8.96. The molecule has 0 aliphatic carbocycles. The fourth-order valence-corrected chi connectivity index (χ4v) is 1.82.